The number of rotatable bonds is 13. The van der Waals surface area contributed by atoms with E-state index in [-0.39, 0.29) is 25.2 Å². The van der Waals surface area contributed by atoms with Crippen LogP contribution in [0.2, 0.25) is 0 Å². The molecule has 1 aromatic rings. The molecule has 0 aliphatic rings. The zero-order valence-electron chi connectivity index (χ0n) is 16.5. The number of benzene rings is 1. The molecule has 31 heavy (non-hydrogen) atoms. The molecule has 0 bridgehead atoms. The first-order valence-corrected chi connectivity index (χ1v) is 10.4. The highest BCUT2D eigenvalue weighted by atomic mass is 127. The van der Waals surface area contributed by atoms with Gasteiger partial charge in [0.05, 0.1) is 0 Å². The summed E-state index contributed by atoms with van der Waals surface area (Å²) in [4.78, 5) is 56.9. The van der Waals surface area contributed by atoms with E-state index in [1.54, 1.807) is 0 Å². The second-order valence-electron chi connectivity index (χ2n) is 6.60. The lowest BCUT2D eigenvalue weighted by molar-refractivity contribution is -0.141. The molecule has 0 fully saturated rings. The summed E-state index contributed by atoms with van der Waals surface area (Å²) in [5.41, 5.74) is 1.04. The van der Waals surface area contributed by atoms with Gasteiger partial charge in [-0.1, -0.05) is 12.1 Å². The third kappa shape index (κ3) is 11.2. The minimum absolute atomic E-state index is 0.161. The molecule has 3 amide bonds. The predicted molar refractivity (Wildman–Crippen MR) is 116 cm³/mol. The van der Waals surface area contributed by atoms with Gasteiger partial charge in [-0.15, -0.1) is 0 Å². The Kier molecular flexibility index (Phi) is 11.3. The van der Waals surface area contributed by atoms with E-state index in [0.717, 1.165) is 9.13 Å². The van der Waals surface area contributed by atoms with Gasteiger partial charge in [-0.05, 0) is 59.5 Å². The fourth-order valence-electron chi connectivity index (χ4n) is 2.50. The minimum atomic E-state index is -1.49. The van der Waals surface area contributed by atoms with Crippen molar-refractivity contribution in [1.29, 1.82) is 0 Å². The molecule has 0 unspecified atom stereocenters. The Balaban J connectivity index is 2.44. The molecule has 1 aromatic carbocycles. The summed E-state index contributed by atoms with van der Waals surface area (Å²) >= 11 is 2.19. The maximum Gasteiger partial charge on any atom is 0.326 e. The highest BCUT2D eigenvalue weighted by Crippen LogP contribution is 2.07. The third-order valence-corrected chi connectivity index (χ3v) is 4.88. The van der Waals surface area contributed by atoms with Crippen LogP contribution in [0.3, 0.4) is 0 Å². The number of urea groups is 1. The lowest BCUT2D eigenvalue weighted by atomic mass is 10.1. The van der Waals surface area contributed by atoms with E-state index in [4.69, 9.17) is 10.2 Å². The summed E-state index contributed by atoms with van der Waals surface area (Å²) < 4.78 is 1.10. The van der Waals surface area contributed by atoms with Crippen LogP contribution in [0.15, 0.2) is 24.3 Å². The van der Waals surface area contributed by atoms with Crippen LogP contribution in [0, 0.1) is 3.57 Å². The van der Waals surface area contributed by atoms with Gasteiger partial charge in [-0.2, -0.15) is 0 Å². The average molecular weight is 549 g/mol. The number of carbonyl (C=O) groups is 5. The van der Waals surface area contributed by atoms with Gasteiger partial charge in [0.25, 0.3) is 0 Å². The first-order chi connectivity index (χ1) is 14.6. The average Bonchev–Trinajstić information content (AvgIpc) is 2.69. The zero-order chi connectivity index (χ0) is 23.4. The molecular weight excluding hydrogens is 525 g/mol. The minimum Gasteiger partial charge on any atom is -0.481 e. The maximum atomic E-state index is 11.9. The predicted octanol–water partition coefficient (Wildman–Crippen LogP) is 0.801. The van der Waals surface area contributed by atoms with Gasteiger partial charge in [0, 0.05) is 23.0 Å². The Labute approximate surface area is 191 Å². The van der Waals surface area contributed by atoms with E-state index < -0.39 is 42.4 Å². The molecule has 12 heteroatoms. The van der Waals surface area contributed by atoms with Crippen molar-refractivity contribution in [2.45, 2.75) is 44.2 Å². The van der Waals surface area contributed by atoms with Gasteiger partial charge in [0.1, 0.15) is 12.1 Å². The van der Waals surface area contributed by atoms with E-state index in [1.807, 2.05) is 29.6 Å². The van der Waals surface area contributed by atoms with Crippen molar-refractivity contribution >= 4 is 52.4 Å². The molecule has 0 aliphatic carbocycles. The Morgan fingerprint density at radius 3 is 1.84 bits per heavy atom. The van der Waals surface area contributed by atoms with Gasteiger partial charge in [0.2, 0.25) is 5.91 Å². The molecule has 0 aliphatic heterocycles. The first-order valence-electron chi connectivity index (χ1n) is 9.34. The van der Waals surface area contributed by atoms with Crippen LogP contribution >= 0.6 is 22.6 Å². The molecule has 1 rings (SSSR count). The highest BCUT2D eigenvalue weighted by molar-refractivity contribution is 14.1. The largest absolute Gasteiger partial charge is 0.481 e. The third-order valence-electron chi connectivity index (χ3n) is 4.16. The number of carboxylic acids is 3. The topological polar surface area (TPSA) is 182 Å². The summed E-state index contributed by atoms with van der Waals surface area (Å²) in [6.07, 6.45) is -0.602. The van der Waals surface area contributed by atoms with Crippen molar-refractivity contribution < 1.29 is 39.3 Å². The van der Waals surface area contributed by atoms with Crippen LogP contribution in [0.1, 0.15) is 31.2 Å². The van der Waals surface area contributed by atoms with Crippen molar-refractivity contribution in [2.24, 2.45) is 0 Å². The molecule has 6 N–H and O–H groups in total. The number of carbonyl (C=O) groups excluding carboxylic acids is 2. The lowest BCUT2D eigenvalue weighted by Gasteiger charge is -2.18. The number of halogens is 1. The standard InChI is InChI=1S/C19H24IN3O8/c20-12-3-1-11(2-4-12)9-10-21-15(24)7-5-13(17(27)28)22-19(31)23-14(18(29)30)6-8-16(25)26/h1-4,13-14H,5-10H2,(H,21,24)(H,25,26)(H,27,28)(H,29,30)(H2,22,23,31)/t13-,14-/m0/s1. The van der Waals surface area contributed by atoms with Crippen LogP contribution in [-0.2, 0) is 25.6 Å². The Morgan fingerprint density at radius 1 is 0.839 bits per heavy atom. The second-order valence-corrected chi connectivity index (χ2v) is 7.84. The van der Waals surface area contributed by atoms with Crippen molar-refractivity contribution in [1.82, 2.24) is 16.0 Å². The number of aliphatic carboxylic acids is 3. The monoisotopic (exact) mass is 549 g/mol. The molecule has 0 heterocycles. The number of hydrogen-bond donors (Lipinski definition) is 6. The van der Waals surface area contributed by atoms with E-state index >= 15 is 0 Å². The van der Waals surface area contributed by atoms with Gasteiger partial charge >= 0.3 is 23.9 Å². The van der Waals surface area contributed by atoms with Crippen molar-refractivity contribution in [2.75, 3.05) is 6.54 Å². The molecule has 170 valence electrons. The van der Waals surface area contributed by atoms with Gasteiger partial charge in [-0.25, -0.2) is 14.4 Å². The Hall–Kier alpha value is -2.90. The molecule has 0 saturated heterocycles. The Morgan fingerprint density at radius 2 is 1.35 bits per heavy atom. The van der Waals surface area contributed by atoms with Crippen molar-refractivity contribution in [3.63, 3.8) is 0 Å². The van der Waals surface area contributed by atoms with Gasteiger partial charge < -0.3 is 31.3 Å². The lowest BCUT2D eigenvalue weighted by Crippen LogP contribution is -2.51. The Bertz CT molecular complexity index is 800. The molecule has 0 saturated carbocycles. The quantitative estimate of drug-likeness (QED) is 0.195. The molecule has 0 radical (unpaired) electrons. The van der Waals surface area contributed by atoms with Crippen LogP contribution in [0.4, 0.5) is 4.79 Å². The number of amides is 3. The molecular formula is C19H24IN3O8. The van der Waals surface area contributed by atoms with Crippen molar-refractivity contribution in [3.8, 4) is 0 Å². The van der Waals surface area contributed by atoms with E-state index in [0.29, 0.717) is 13.0 Å². The summed E-state index contributed by atoms with van der Waals surface area (Å²) in [6, 6.07) is 3.79. The van der Waals surface area contributed by atoms with Crippen LogP contribution in [0.5, 0.6) is 0 Å². The van der Waals surface area contributed by atoms with E-state index in [1.165, 1.54) is 0 Å². The summed E-state index contributed by atoms with van der Waals surface area (Å²) in [5.74, 6) is -4.45. The van der Waals surface area contributed by atoms with Gasteiger partial charge in [0.15, 0.2) is 0 Å². The molecule has 0 spiro atoms. The number of hydrogen-bond acceptors (Lipinski definition) is 5. The summed E-state index contributed by atoms with van der Waals surface area (Å²) in [5, 5.41) is 33.7. The van der Waals surface area contributed by atoms with Crippen LogP contribution < -0.4 is 16.0 Å². The summed E-state index contributed by atoms with van der Waals surface area (Å²) in [7, 11) is 0. The molecule has 11 nitrogen and oxygen atoms in total. The number of carboxylic acid groups (broad SMARTS) is 3. The fraction of sp³-hybridized carbons (Fsp3) is 0.421. The first kappa shape index (κ1) is 26.1. The zero-order valence-corrected chi connectivity index (χ0v) is 18.6. The van der Waals surface area contributed by atoms with Crippen LogP contribution in [-0.4, -0.2) is 63.8 Å². The maximum absolute atomic E-state index is 11.9. The number of nitrogens with one attached hydrogen (secondary N) is 3. The van der Waals surface area contributed by atoms with Gasteiger partial charge in [-0.3, -0.25) is 9.59 Å². The SMILES string of the molecule is O=C(O)CC[C@H](NC(=O)N[C@@H](CCC(=O)NCCc1ccc(I)cc1)C(=O)O)C(=O)O. The fourth-order valence-corrected chi connectivity index (χ4v) is 2.86. The van der Waals surface area contributed by atoms with E-state index in [9.17, 15) is 29.1 Å². The summed E-state index contributed by atoms with van der Waals surface area (Å²) in [6.45, 7) is 0.370. The van der Waals surface area contributed by atoms with E-state index in [2.05, 4.69) is 33.2 Å². The normalized spacial score (nSPS) is 12.3. The molecule has 2 atom stereocenters. The molecule has 0 aromatic heterocycles. The smallest absolute Gasteiger partial charge is 0.326 e. The highest BCUT2D eigenvalue weighted by Gasteiger charge is 2.25. The van der Waals surface area contributed by atoms with Crippen LogP contribution in [0.25, 0.3) is 0 Å². The second kappa shape index (κ2) is 13.4. The van der Waals surface area contributed by atoms with Crippen molar-refractivity contribution in [3.05, 3.63) is 33.4 Å².